The van der Waals surface area contributed by atoms with Crippen molar-refractivity contribution in [3.8, 4) is 0 Å². The van der Waals surface area contributed by atoms with Gasteiger partial charge in [-0.3, -0.25) is 4.79 Å². The van der Waals surface area contributed by atoms with E-state index < -0.39 is 0 Å². The molecule has 0 spiro atoms. The van der Waals surface area contributed by atoms with Gasteiger partial charge in [0.15, 0.2) is 0 Å². The van der Waals surface area contributed by atoms with Gasteiger partial charge in [0.1, 0.15) is 0 Å². The number of carbonyl (C=O) groups is 1. The van der Waals surface area contributed by atoms with Gasteiger partial charge in [-0.2, -0.15) is 0 Å². The highest BCUT2D eigenvalue weighted by molar-refractivity contribution is 9.10. The third kappa shape index (κ3) is 2.66. The molecule has 4 heteroatoms. The van der Waals surface area contributed by atoms with Gasteiger partial charge in [0.2, 0.25) is 5.91 Å². The zero-order valence-corrected chi connectivity index (χ0v) is 15.5. The Kier molecular flexibility index (Phi) is 4.06. The van der Waals surface area contributed by atoms with Gasteiger partial charge < -0.3 is 4.90 Å². The highest BCUT2D eigenvalue weighted by Crippen LogP contribution is 2.43. The van der Waals surface area contributed by atoms with E-state index in [9.17, 15) is 4.79 Å². The summed E-state index contributed by atoms with van der Waals surface area (Å²) in [5.41, 5.74) is 2.24. The third-order valence-corrected chi connectivity index (χ3v) is 6.91. The van der Waals surface area contributed by atoms with Crippen molar-refractivity contribution in [3.63, 3.8) is 0 Å². The fraction of sp³-hybridized carbons (Fsp3) is 0.421. The molecule has 1 amide bonds. The average molecular weight is 390 g/mol. The minimum absolute atomic E-state index is 0.297. The predicted octanol–water partition coefficient (Wildman–Crippen LogP) is 4.91. The van der Waals surface area contributed by atoms with Crippen molar-refractivity contribution < 1.29 is 4.79 Å². The molecule has 1 aliphatic heterocycles. The number of thiophene rings is 1. The van der Waals surface area contributed by atoms with Crippen LogP contribution in [-0.2, 0) is 23.2 Å². The summed E-state index contributed by atoms with van der Waals surface area (Å²) in [5.74, 6) is 0.342. The molecule has 1 aliphatic carbocycles. The van der Waals surface area contributed by atoms with Crippen LogP contribution in [0.25, 0.3) is 0 Å². The van der Waals surface area contributed by atoms with Crippen molar-refractivity contribution in [3.05, 3.63) is 56.2 Å². The van der Waals surface area contributed by atoms with Gasteiger partial charge in [0, 0.05) is 22.4 Å². The fourth-order valence-electron chi connectivity index (χ4n) is 4.10. The molecule has 1 aromatic heterocycles. The quantitative estimate of drug-likeness (QED) is 0.714. The molecule has 0 bridgehead atoms. The van der Waals surface area contributed by atoms with Crippen LogP contribution in [0.4, 0.5) is 0 Å². The number of fused-ring (bicyclic) bond motifs is 1. The second kappa shape index (κ2) is 6.06. The molecular weight excluding hydrogens is 370 g/mol. The van der Waals surface area contributed by atoms with E-state index in [0.29, 0.717) is 5.91 Å². The molecule has 1 fully saturated rings. The number of hydrogen-bond acceptors (Lipinski definition) is 2. The van der Waals surface area contributed by atoms with Crippen LogP contribution < -0.4 is 0 Å². The zero-order valence-electron chi connectivity index (χ0n) is 13.1. The predicted molar refractivity (Wildman–Crippen MR) is 97.7 cm³/mol. The summed E-state index contributed by atoms with van der Waals surface area (Å²) < 4.78 is 1.07. The molecule has 0 saturated heterocycles. The van der Waals surface area contributed by atoms with Gasteiger partial charge >= 0.3 is 0 Å². The number of benzene rings is 1. The summed E-state index contributed by atoms with van der Waals surface area (Å²) in [4.78, 5) is 17.0. The molecule has 4 rings (SSSR count). The molecule has 23 heavy (non-hydrogen) atoms. The topological polar surface area (TPSA) is 20.3 Å². The molecule has 1 saturated carbocycles. The molecule has 1 aromatic carbocycles. The maximum absolute atomic E-state index is 13.5. The van der Waals surface area contributed by atoms with Crippen molar-refractivity contribution in [1.29, 1.82) is 0 Å². The lowest BCUT2D eigenvalue weighted by Gasteiger charge is -2.37. The number of halogens is 1. The Balaban J connectivity index is 1.65. The lowest BCUT2D eigenvalue weighted by atomic mass is 9.77. The lowest BCUT2D eigenvalue weighted by Crippen LogP contribution is -2.47. The lowest BCUT2D eigenvalue weighted by molar-refractivity contribution is -0.138. The van der Waals surface area contributed by atoms with E-state index >= 15 is 0 Å². The first-order valence-corrected chi connectivity index (χ1v) is 9.97. The van der Waals surface area contributed by atoms with E-state index in [-0.39, 0.29) is 5.41 Å². The summed E-state index contributed by atoms with van der Waals surface area (Å²) in [6.45, 7) is 1.65. The summed E-state index contributed by atoms with van der Waals surface area (Å²) in [5, 5.41) is 2.15. The molecule has 2 aliphatic rings. The van der Waals surface area contributed by atoms with Gasteiger partial charge in [-0.15, -0.1) is 11.3 Å². The van der Waals surface area contributed by atoms with Crippen molar-refractivity contribution in [2.75, 3.05) is 6.54 Å². The van der Waals surface area contributed by atoms with Crippen LogP contribution in [0, 0.1) is 0 Å². The van der Waals surface area contributed by atoms with Crippen LogP contribution in [0.2, 0.25) is 0 Å². The highest BCUT2D eigenvalue weighted by Gasteiger charge is 2.45. The van der Waals surface area contributed by atoms with E-state index in [1.54, 1.807) is 0 Å². The van der Waals surface area contributed by atoms with Crippen molar-refractivity contribution in [1.82, 2.24) is 4.90 Å². The number of rotatable bonds is 2. The Bertz CT molecular complexity index is 715. The Morgan fingerprint density at radius 1 is 1.13 bits per heavy atom. The molecule has 2 heterocycles. The number of hydrogen-bond donors (Lipinski definition) is 0. The largest absolute Gasteiger partial charge is 0.337 e. The molecule has 2 aromatic rings. The normalized spacial score (nSPS) is 19.6. The Morgan fingerprint density at radius 2 is 1.87 bits per heavy atom. The first-order valence-electron chi connectivity index (χ1n) is 8.30. The van der Waals surface area contributed by atoms with Gasteiger partial charge in [0.05, 0.1) is 5.41 Å². The van der Waals surface area contributed by atoms with Crippen LogP contribution in [-0.4, -0.2) is 17.4 Å². The van der Waals surface area contributed by atoms with Crippen molar-refractivity contribution in [2.45, 2.75) is 44.1 Å². The van der Waals surface area contributed by atoms with Gasteiger partial charge in [-0.25, -0.2) is 0 Å². The average Bonchev–Trinajstić information content (AvgIpc) is 3.24. The minimum atomic E-state index is -0.297. The van der Waals surface area contributed by atoms with Crippen LogP contribution >= 0.6 is 27.3 Å². The van der Waals surface area contributed by atoms with Gasteiger partial charge in [-0.05, 0) is 54.0 Å². The Hall–Kier alpha value is -1.13. The molecule has 2 nitrogen and oxygen atoms in total. The maximum atomic E-state index is 13.5. The molecule has 0 N–H and O–H groups in total. The number of amides is 1. The second-order valence-electron chi connectivity index (χ2n) is 6.64. The van der Waals surface area contributed by atoms with E-state index in [0.717, 1.165) is 49.7 Å². The molecule has 0 radical (unpaired) electrons. The SMILES string of the molecule is O=C(N1CCc2sccc2C1)C1(c2ccc(Br)cc2)CCCC1. The fourth-order valence-corrected chi connectivity index (χ4v) is 5.25. The molecule has 0 unspecified atom stereocenters. The van der Waals surface area contributed by atoms with Gasteiger partial charge in [0.25, 0.3) is 0 Å². The zero-order chi connectivity index (χ0) is 15.9. The summed E-state index contributed by atoms with van der Waals surface area (Å²) in [7, 11) is 0. The van der Waals surface area contributed by atoms with E-state index in [4.69, 9.17) is 0 Å². The molecule has 120 valence electrons. The van der Waals surface area contributed by atoms with Gasteiger partial charge in [-0.1, -0.05) is 40.9 Å². The van der Waals surface area contributed by atoms with Crippen LogP contribution in [0.1, 0.15) is 41.7 Å². The van der Waals surface area contributed by atoms with Crippen molar-refractivity contribution >= 4 is 33.2 Å². The number of nitrogens with zero attached hydrogens (tertiary/aromatic N) is 1. The monoisotopic (exact) mass is 389 g/mol. The summed E-state index contributed by atoms with van der Waals surface area (Å²) >= 11 is 5.33. The van der Waals surface area contributed by atoms with E-state index in [1.807, 2.05) is 11.3 Å². The van der Waals surface area contributed by atoms with Crippen LogP contribution in [0.3, 0.4) is 0 Å². The summed E-state index contributed by atoms with van der Waals surface area (Å²) in [6.07, 6.45) is 5.29. The smallest absolute Gasteiger partial charge is 0.233 e. The second-order valence-corrected chi connectivity index (χ2v) is 8.56. The Labute approximate surface area is 149 Å². The Morgan fingerprint density at radius 3 is 2.61 bits per heavy atom. The first-order chi connectivity index (χ1) is 11.2. The van der Waals surface area contributed by atoms with E-state index in [1.165, 1.54) is 16.0 Å². The number of carbonyl (C=O) groups excluding carboxylic acids is 1. The third-order valence-electron chi connectivity index (χ3n) is 5.36. The van der Waals surface area contributed by atoms with Crippen LogP contribution in [0.5, 0.6) is 0 Å². The standard InChI is InChI=1S/C19H20BrNOS/c20-16-5-3-15(4-6-16)19(9-1-2-10-19)18(22)21-11-7-17-14(13-21)8-12-23-17/h3-6,8,12H,1-2,7,9-11,13H2. The molecule has 0 atom stereocenters. The van der Waals surface area contributed by atoms with Crippen molar-refractivity contribution in [2.24, 2.45) is 0 Å². The van der Waals surface area contributed by atoms with Crippen LogP contribution in [0.15, 0.2) is 40.2 Å². The first kappa shape index (κ1) is 15.4. The summed E-state index contributed by atoms with van der Waals surface area (Å²) in [6, 6.07) is 10.6. The minimum Gasteiger partial charge on any atom is -0.337 e. The highest BCUT2D eigenvalue weighted by atomic mass is 79.9. The molecular formula is C19H20BrNOS. The maximum Gasteiger partial charge on any atom is 0.233 e. The van der Waals surface area contributed by atoms with E-state index in [2.05, 4.69) is 56.5 Å².